The summed E-state index contributed by atoms with van der Waals surface area (Å²) in [7, 11) is 0. The van der Waals surface area contributed by atoms with Crippen LogP contribution in [0.2, 0.25) is 0 Å². The minimum absolute atomic E-state index is 0.557. The fraction of sp³-hybridized carbons (Fsp3) is 0. The van der Waals surface area contributed by atoms with Gasteiger partial charge in [-0.05, 0) is 75.8 Å². The van der Waals surface area contributed by atoms with E-state index < -0.39 is 0 Å². The van der Waals surface area contributed by atoms with Gasteiger partial charge in [0.2, 0.25) is 11.9 Å². The first kappa shape index (κ1) is 35.6. The van der Waals surface area contributed by atoms with Crippen LogP contribution in [0, 0.1) is 0 Å². The van der Waals surface area contributed by atoms with Crippen LogP contribution in [0.5, 0.6) is 0 Å². The molecule has 9 aromatic carbocycles. The van der Waals surface area contributed by atoms with Crippen molar-refractivity contribution in [3.05, 3.63) is 212 Å². The first-order valence-corrected chi connectivity index (χ1v) is 22.0. The van der Waals surface area contributed by atoms with Gasteiger partial charge in [0.15, 0.2) is 5.82 Å². The smallest absolute Gasteiger partial charge is 0.240 e. The van der Waals surface area contributed by atoms with Gasteiger partial charge in [0.1, 0.15) is 0 Å². The van der Waals surface area contributed by atoms with E-state index >= 15 is 0 Å². The van der Waals surface area contributed by atoms with E-state index in [4.69, 9.17) is 15.0 Å². The van der Waals surface area contributed by atoms with Crippen molar-refractivity contribution in [3.8, 4) is 56.7 Å². The second-order valence-electron chi connectivity index (χ2n) is 16.0. The average molecular weight is 822 g/mol. The van der Waals surface area contributed by atoms with E-state index in [0.29, 0.717) is 17.7 Å². The molecule has 5 nitrogen and oxygen atoms in total. The van der Waals surface area contributed by atoms with Crippen molar-refractivity contribution in [1.29, 1.82) is 0 Å². The third-order valence-electron chi connectivity index (χ3n) is 12.4. The monoisotopic (exact) mass is 821 g/mol. The summed E-state index contributed by atoms with van der Waals surface area (Å²) in [5, 5.41) is 7.21. The standard InChI is InChI=1S/C57H35N5S/c1-2-12-36(13-3-1)42-30-32-46-45-16-6-10-20-51(45)62(52(46)35-42)57-59-55(58-56(60-57)61-49-18-8-4-14-43(49)44-15-5-9-19-50(44)61)40-28-26-38(27-29-40)37-22-24-39(25-23-37)41-31-33-54-48(34-41)47-17-7-11-21-53(47)63-54/h1-35H. The molecule has 0 atom stereocenters. The zero-order valence-corrected chi connectivity index (χ0v) is 34.7. The predicted octanol–water partition coefficient (Wildman–Crippen LogP) is 15.1. The molecule has 4 heterocycles. The molecule has 0 unspecified atom stereocenters. The number of para-hydroxylation sites is 3. The van der Waals surface area contributed by atoms with Crippen molar-refractivity contribution < 1.29 is 0 Å². The first-order chi connectivity index (χ1) is 31.2. The summed E-state index contributed by atoms with van der Waals surface area (Å²) >= 11 is 1.85. The molecule has 0 spiro atoms. The van der Waals surface area contributed by atoms with Gasteiger partial charge in [-0.2, -0.15) is 15.0 Å². The van der Waals surface area contributed by atoms with E-state index in [9.17, 15) is 0 Å². The molecule has 0 saturated carbocycles. The second-order valence-corrected chi connectivity index (χ2v) is 17.1. The molecule has 0 saturated heterocycles. The molecule has 4 aromatic heterocycles. The molecule has 13 rings (SSSR count). The molecule has 63 heavy (non-hydrogen) atoms. The Morgan fingerprint density at radius 2 is 0.683 bits per heavy atom. The normalized spacial score (nSPS) is 11.8. The number of hydrogen-bond acceptors (Lipinski definition) is 4. The molecule has 0 N–H and O–H groups in total. The van der Waals surface area contributed by atoms with Crippen molar-refractivity contribution in [2.24, 2.45) is 0 Å². The molecule has 0 fully saturated rings. The number of hydrogen-bond donors (Lipinski definition) is 0. The first-order valence-electron chi connectivity index (χ1n) is 21.2. The van der Waals surface area contributed by atoms with Crippen LogP contribution in [0.15, 0.2) is 212 Å². The average Bonchev–Trinajstić information content (AvgIpc) is 4.01. The Morgan fingerprint density at radius 1 is 0.270 bits per heavy atom. The predicted molar refractivity (Wildman–Crippen MR) is 263 cm³/mol. The minimum atomic E-state index is 0.557. The lowest BCUT2D eigenvalue weighted by Crippen LogP contribution is -2.10. The fourth-order valence-electron chi connectivity index (χ4n) is 9.39. The van der Waals surface area contributed by atoms with Gasteiger partial charge in [-0.25, -0.2) is 0 Å². The summed E-state index contributed by atoms with van der Waals surface area (Å²) in [5.74, 6) is 1.72. The maximum absolute atomic E-state index is 5.38. The van der Waals surface area contributed by atoms with Gasteiger partial charge in [0, 0.05) is 47.3 Å². The van der Waals surface area contributed by atoms with Crippen LogP contribution >= 0.6 is 11.3 Å². The molecule has 0 bridgehead atoms. The molecule has 0 aliphatic heterocycles. The van der Waals surface area contributed by atoms with Gasteiger partial charge >= 0.3 is 0 Å². The Balaban J connectivity index is 0.951. The highest BCUT2D eigenvalue weighted by Gasteiger charge is 2.21. The van der Waals surface area contributed by atoms with Crippen molar-refractivity contribution in [2.75, 3.05) is 0 Å². The number of nitrogens with zero attached hydrogens (tertiary/aromatic N) is 5. The number of thiophene rings is 1. The van der Waals surface area contributed by atoms with Gasteiger partial charge < -0.3 is 0 Å². The molecule has 0 aliphatic carbocycles. The van der Waals surface area contributed by atoms with Gasteiger partial charge in [-0.3, -0.25) is 9.13 Å². The largest absolute Gasteiger partial charge is 0.278 e. The van der Waals surface area contributed by atoms with Crippen LogP contribution in [0.3, 0.4) is 0 Å². The SMILES string of the molecule is c1ccc(-c2ccc3c4ccccc4n(-c4nc(-c5ccc(-c6ccc(-c7ccc8sc9ccccc9c8c7)cc6)cc5)nc(-n5c6ccccc6c6ccccc65)n4)c3c2)cc1. The van der Waals surface area contributed by atoms with E-state index in [-0.39, 0.29) is 0 Å². The highest BCUT2D eigenvalue weighted by atomic mass is 32.1. The Hall–Kier alpha value is -8.19. The van der Waals surface area contributed by atoms with E-state index in [1.165, 1.54) is 31.3 Å². The summed E-state index contributed by atoms with van der Waals surface area (Å²) in [5.41, 5.74) is 12.0. The molecule has 294 valence electrons. The minimum Gasteiger partial charge on any atom is -0.278 e. The number of aromatic nitrogens is 5. The van der Waals surface area contributed by atoms with E-state index in [1.54, 1.807) is 0 Å². The fourth-order valence-corrected chi connectivity index (χ4v) is 10.5. The topological polar surface area (TPSA) is 48.5 Å². The highest BCUT2D eigenvalue weighted by Crippen LogP contribution is 2.39. The van der Waals surface area contributed by atoms with Gasteiger partial charge in [0.05, 0.1) is 22.1 Å². The summed E-state index contributed by atoms with van der Waals surface area (Å²) in [4.78, 5) is 16.0. The summed E-state index contributed by atoms with van der Waals surface area (Å²) < 4.78 is 7.02. The van der Waals surface area contributed by atoms with Gasteiger partial charge in [-0.1, -0.05) is 170 Å². The van der Waals surface area contributed by atoms with Crippen molar-refractivity contribution in [3.63, 3.8) is 0 Å². The second kappa shape index (κ2) is 14.2. The van der Waals surface area contributed by atoms with Crippen LogP contribution in [0.25, 0.3) is 120 Å². The van der Waals surface area contributed by atoms with E-state index in [2.05, 4.69) is 221 Å². The number of benzene rings is 9. The number of fused-ring (bicyclic) bond motifs is 9. The summed E-state index contributed by atoms with van der Waals surface area (Å²) in [6.07, 6.45) is 0. The molecular formula is C57H35N5S. The summed E-state index contributed by atoms with van der Waals surface area (Å²) in [6, 6.07) is 75.7. The number of rotatable bonds is 6. The Kier molecular flexibility index (Phi) is 8.01. The van der Waals surface area contributed by atoms with E-state index in [0.717, 1.165) is 71.4 Å². The van der Waals surface area contributed by atoms with Gasteiger partial charge in [-0.15, -0.1) is 11.3 Å². The molecule has 0 radical (unpaired) electrons. The Labute approximate surface area is 366 Å². The molecule has 6 heteroatoms. The molecule has 13 aromatic rings. The molecular weight excluding hydrogens is 787 g/mol. The maximum atomic E-state index is 5.38. The van der Waals surface area contributed by atoms with Crippen LogP contribution in [-0.4, -0.2) is 24.1 Å². The molecule has 0 amide bonds. The maximum Gasteiger partial charge on any atom is 0.240 e. The zero-order valence-electron chi connectivity index (χ0n) is 33.9. The van der Waals surface area contributed by atoms with E-state index in [1.807, 2.05) is 11.3 Å². The zero-order chi connectivity index (χ0) is 41.4. The lowest BCUT2D eigenvalue weighted by atomic mass is 9.98. The summed E-state index contributed by atoms with van der Waals surface area (Å²) in [6.45, 7) is 0. The quantitative estimate of drug-likeness (QED) is 0.168. The lowest BCUT2D eigenvalue weighted by Gasteiger charge is -2.13. The van der Waals surface area contributed by atoms with Crippen molar-refractivity contribution in [1.82, 2.24) is 24.1 Å². The van der Waals surface area contributed by atoms with Crippen LogP contribution < -0.4 is 0 Å². The van der Waals surface area contributed by atoms with Gasteiger partial charge in [0.25, 0.3) is 0 Å². The third kappa shape index (κ3) is 5.80. The van der Waals surface area contributed by atoms with Crippen LogP contribution in [0.4, 0.5) is 0 Å². The van der Waals surface area contributed by atoms with Crippen molar-refractivity contribution >= 4 is 75.1 Å². The Morgan fingerprint density at radius 3 is 1.30 bits per heavy atom. The Bertz CT molecular complexity index is 3840. The lowest BCUT2D eigenvalue weighted by molar-refractivity contribution is 0.893. The molecule has 0 aliphatic rings. The van der Waals surface area contributed by atoms with Crippen LogP contribution in [0.1, 0.15) is 0 Å². The van der Waals surface area contributed by atoms with Crippen molar-refractivity contribution in [2.45, 2.75) is 0 Å². The van der Waals surface area contributed by atoms with Crippen LogP contribution in [-0.2, 0) is 0 Å². The highest BCUT2D eigenvalue weighted by molar-refractivity contribution is 7.25. The third-order valence-corrected chi connectivity index (χ3v) is 13.6.